The van der Waals surface area contributed by atoms with Crippen LogP contribution in [0.3, 0.4) is 0 Å². The number of aryl methyl sites for hydroxylation is 1. The number of amides is 2. The lowest BCUT2D eigenvalue weighted by atomic mass is 10.2. The molecule has 0 fully saturated rings. The van der Waals surface area contributed by atoms with Crippen molar-refractivity contribution in [3.63, 3.8) is 0 Å². The molecule has 2 N–H and O–H groups in total. The second-order valence-corrected chi connectivity index (χ2v) is 5.76. The minimum Gasteiger partial charge on any atom is -0.489 e. The lowest BCUT2D eigenvalue weighted by Crippen LogP contribution is -2.28. The molecule has 1 aromatic heterocycles. The van der Waals surface area contributed by atoms with Crippen molar-refractivity contribution >= 4 is 11.7 Å². The van der Waals surface area contributed by atoms with E-state index in [-0.39, 0.29) is 6.03 Å². The molecule has 0 atom stereocenters. The molecule has 0 spiro atoms. The first-order chi connectivity index (χ1) is 12.7. The van der Waals surface area contributed by atoms with Crippen LogP contribution in [-0.2, 0) is 13.2 Å². The number of benzene rings is 2. The van der Waals surface area contributed by atoms with Crippen molar-refractivity contribution < 1.29 is 9.53 Å². The molecule has 0 aliphatic heterocycles. The first-order valence-corrected chi connectivity index (χ1v) is 8.28. The zero-order valence-electron chi connectivity index (χ0n) is 14.5. The van der Waals surface area contributed by atoms with E-state index in [2.05, 4.69) is 20.6 Å². The van der Waals surface area contributed by atoms with E-state index in [1.807, 2.05) is 67.6 Å². The minimum absolute atomic E-state index is 0.289. The van der Waals surface area contributed by atoms with E-state index < -0.39 is 0 Å². The Bertz CT molecular complexity index is 868. The summed E-state index contributed by atoms with van der Waals surface area (Å²) in [5.74, 6) is 0.809. The fraction of sp³-hybridized carbons (Fsp3) is 0.150. The second kappa shape index (κ2) is 8.62. The van der Waals surface area contributed by atoms with Crippen LogP contribution in [0.2, 0.25) is 0 Å². The fourth-order valence-electron chi connectivity index (χ4n) is 2.37. The Labute approximate surface area is 152 Å². The second-order valence-electron chi connectivity index (χ2n) is 5.76. The number of hydrogen-bond acceptors (Lipinski definition) is 4. The third-order valence-electron chi connectivity index (χ3n) is 3.62. The number of carbonyl (C=O) groups excluding carboxylic acids is 1. The Morgan fingerprint density at radius 3 is 2.69 bits per heavy atom. The molecule has 0 bridgehead atoms. The Hall–Kier alpha value is -3.41. The van der Waals surface area contributed by atoms with Crippen LogP contribution >= 0.6 is 0 Å². The first kappa shape index (κ1) is 17.4. The summed E-state index contributed by atoms with van der Waals surface area (Å²) in [4.78, 5) is 20.2. The van der Waals surface area contributed by atoms with Gasteiger partial charge in [-0.2, -0.15) is 0 Å². The van der Waals surface area contributed by atoms with E-state index in [4.69, 9.17) is 4.74 Å². The topological polar surface area (TPSA) is 76.1 Å². The monoisotopic (exact) mass is 348 g/mol. The number of nitrogens with one attached hydrogen (secondary N) is 2. The summed E-state index contributed by atoms with van der Waals surface area (Å²) in [6.45, 7) is 2.65. The van der Waals surface area contributed by atoms with Crippen molar-refractivity contribution in [1.29, 1.82) is 0 Å². The molecule has 2 amide bonds. The maximum absolute atomic E-state index is 12.1. The van der Waals surface area contributed by atoms with Gasteiger partial charge >= 0.3 is 6.03 Å². The van der Waals surface area contributed by atoms with Crippen molar-refractivity contribution in [1.82, 2.24) is 15.3 Å². The average Bonchev–Trinajstić information content (AvgIpc) is 2.66. The zero-order chi connectivity index (χ0) is 18.2. The summed E-state index contributed by atoms with van der Waals surface area (Å²) in [6.07, 6.45) is 1.49. The predicted molar refractivity (Wildman–Crippen MR) is 99.8 cm³/mol. The normalized spacial score (nSPS) is 10.2. The van der Waals surface area contributed by atoms with Crippen molar-refractivity contribution in [3.05, 3.63) is 83.9 Å². The van der Waals surface area contributed by atoms with Crippen LogP contribution in [0.15, 0.2) is 67.0 Å². The van der Waals surface area contributed by atoms with Gasteiger partial charge in [-0.25, -0.2) is 14.8 Å². The van der Waals surface area contributed by atoms with Gasteiger partial charge in [0.05, 0.1) is 12.2 Å². The minimum atomic E-state index is -0.289. The maximum atomic E-state index is 12.1. The molecular formula is C20H20N4O2. The van der Waals surface area contributed by atoms with Crippen molar-refractivity contribution in [2.45, 2.75) is 20.1 Å². The molecule has 6 nitrogen and oxygen atoms in total. The van der Waals surface area contributed by atoms with Gasteiger partial charge in [0.25, 0.3) is 0 Å². The van der Waals surface area contributed by atoms with E-state index in [0.29, 0.717) is 18.8 Å². The lowest BCUT2D eigenvalue weighted by molar-refractivity contribution is 0.251. The highest BCUT2D eigenvalue weighted by atomic mass is 16.5. The van der Waals surface area contributed by atoms with Gasteiger partial charge in [-0.05, 0) is 42.8 Å². The van der Waals surface area contributed by atoms with Crippen molar-refractivity contribution in [2.24, 2.45) is 0 Å². The molecule has 2 aromatic carbocycles. The molecule has 0 aliphatic carbocycles. The van der Waals surface area contributed by atoms with Gasteiger partial charge in [-0.3, -0.25) is 0 Å². The fourth-order valence-corrected chi connectivity index (χ4v) is 2.37. The van der Waals surface area contributed by atoms with E-state index in [1.54, 1.807) is 0 Å². The highest BCUT2D eigenvalue weighted by molar-refractivity contribution is 5.89. The van der Waals surface area contributed by atoms with Gasteiger partial charge in [-0.15, -0.1) is 0 Å². The average molecular weight is 348 g/mol. The van der Waals surface area contributed by atoms with Crippen LogP contribution in [0.4, 0.5) is 10.5 Å². The van der Waals surface area contributed by atoms with E-state index in [0.717, 1.165) is 22.7 Å². The molecule has 3 rings (SSSR count). The molecule has 0 radical (unpaired) electrons. The summed E-state index contributed by atoms with van der Waals surface area (Å²) < 4.78 is 5.73. The van der Waals surface area contributed by atoms with Crippen molar-refractivity contribution in [3.8, 4) is 5.75 Å². The smallest absolute Gasteiger partial charge is 0.319 e. The number of nitrogens with zero attached hydrogens (tertiary/aromatic N) is 2. The largest absolute Gasteiger partial charge is 0.489 e. The van der Waals surface area contributed by atoms with Crippen LogP contribution < -0.4 is 15.4 Å². The standard InChI is InChI=1S/C20H20N4O2/c1-15-10-18(23-14-22-15)12-21-20(25)24-17-7-5-6-16(11-17)13-26-19-8-3-2-4-9-19/h2-11,14H,12-13H2,1H3,(H2,21,24,25). The third-order valence-corrected chi connectivity index (χ3v) is 3.62. The molecule has 132 valence electrons. The Morgan fingerprint density at radius 2 is 1.88 bits per heavy atom. The van der Waals surface area contributed by atoms with Crippen LogP contribution in [0, 0.1) is 6.92 Å². The molecule has 6 heteroatoms. The number of para-hydroxylation sites is 1. The van der Waals surface area contributed by atoms with Crippen molar-refractivity contribution in [2.75, 3.05) is 5.32 Å². The highest BCUT2D eigenvalue weighted by Gasteiger charge is 2.04. The number of aromatic nitrogens is 2. The lowest BCUT2D eigenvalue weighted by Gasteiger charge is -2.10. The van der Waals surface area contributed by atoms with E-state index >= 15 is 0 Å². The van der Waals surface area contributed by atoms with Crippen LogP contribution in [0.5, 0.6) is 5.75 Å². The number of anilines is 1. The molecule has 26 heavy (non-hydrogen) atoms. The zero-order valence-corrected chi connectivity index (χ0v) is 14.5. The summed E-state index contributed by atoms with van der Waals surface area (Å²) in [7, 11) is 0. The number of ether oxygens (including phenoxy) is 1. The van der Waals surface area contributed by atoms with Gasteiger partial charge in [0.1, 0.15) is 18.7 Å². The van der Waals surface area contributed by atoms with E-state index in [9.17, 15) is 4.79 Å². The number of urea groups is 1. The summed E-state index contributed by atoms with van der Waals surface area (Å²) >= 11 is 0. The van der Waals surface area contributed by atoms with Crippen LogP contribution in [0.1, 0.15) is 17.0 Å². The predicted octanol–water partition coefficient (Wildman–Crippen LogP) is 3.69. The highest BCUT2D eigenvalue weighted by Crippen LogP contribution is 2.15. The molecule has 3 aromatic rings. The maximum Gasteiger partial charge on any atom is 0.319 e. The molecular weight excluding hydrogens is 328 g/mol. The van der Waals surface area contributed by atoms with Gasteiger partial charge in [0.15, 0.2) is 0 Å². The van der Waals surface area contributed by atoms with Gasteiger partial charge in [0, 0.05) is 11.4 Å². The summed E-state index contributed by atoms with van der Waals surface area (Å²) in [5, 5.41) is 5.60. The number of carbonyl (C=O) groups is 1. The van der Waals surface area contributed by atoms with Gasteiger partial charge in [0.2, 0.25) is 0 Å². The number of rotatable bonds is 6. The van der Waals surface area contributed by atoms with Crippen LogP contribution in [-0.4, -0.2) is 16.0 Å². The summed E-state index contributed by atoms with van der Waals surface area (Å²) in [6, 6.07) is 18.7. The molecule has 0 saturated carbocycles. The molecule has 0 saturated heterocycles. The molecule has 1 heterocycles. The number of hydrogen-bond donors (Lipinski definition) is 2. The van der Waals surface area contributed by atoms with Gasteiger partial charge in [-0.1, -0.05) is 30.3 Å². The molecule has 0 aliphatic rings. The Morgan fingerprint density at radius 1 is 1.04 bits per heavy atom. The quantitative estimate of drug-likeness (QED) is 0.712. The third kappa shape index (κ3) is 5.31. The first-order valence-electron chi connectivity index (χ1n) is 8.28. The molecule has 0 unspecified atom stereocenters. The SMILES string of the molecule is Cc1cc(CNC(=O)Nc2cccc(COc3ccccc3)c2)ncn1. The summed E-state index contributed by atoms with van der Waals surface area (Å²) in [5.41, 5.74) is 3.30. The Balaban J connectivity index is 1.52. The Kier molecular flexibility index (Phi) is 5.77. The van der Waals surface area contributed by atoms with Gasteiger partial charge < -0.3 is 15.4 Å². The van der Waals surface area contributed by atoms with Crippen LogP contribution in [0.25, 0.3) is 0 Å². The van der Waals surface area contributed by atoms with E-state index in [1.165, 1.54) is 6.33 Å².